The minimum absolute atomic E-state index is 0.108. The number of aryl methyl sites for hydroxylation is 2. The highest BCUT2D eigenvalue weighted by atomic mass is 35.5. The third-order valence-electron chi connectivity index (χ3n) is 8.61. The number of carboxylic acids is 1. The normalized spacial score (nSPS) is 15.6. The van der Waals surface area contributed by atoms with Crippen LogP contribution >= 0.6 is 22.9 Å². The fourth-order valence-electron chi connectivity index (χ4n) is 6.43. The Morgan fingerprint density at radius 3 is 2.46 bits per heavy atom. The van der Waals surface area contributed by atoms with E-state index in [1.165, 1.54) is 11.3 Å². The Labute approximate surface area is 288 Å². The fourth-order valence-corrected chi connectivity index (χ4v) is 7.68. The molecule has 0 bridgehead atoms. The number of hydrogen-bond acceptors (Lipinski definition) is 7. The van der Waals surface area contributed by atoms with Gasteiger partial charge in [0.2, 0.25) is 0 Å². The predicted octanol–water partition coefficient (Wildman–Crippen LogP) is 8.09. The van der Waals surface area contributed by atoms with Crippen LogP contribution in [0, 0.1) is 6.92 Å². The van der Waals surface area contributed by atoms with Gasteiger partial charge in [0.15, 0.2) is 11.9 Å². The Hall–Kier alpha value is -4.03. The van der Waals surface area contributed by atoms with Crippen LogP contribution in [-0.2, 0) is 21.3 Å². The topological polar surface area (TPSA) is 110 Å². The molecule has 48 heavy (non-hydrogen) atoms. The van der Waals surface area contributed by atoms with Crippen molar-refractivity contribution in [1.29, 1.82) is 0 Å². The van der Waals surface area contributed by atoms with Crippen molar-refractivity contribution in [2.45, 2.75) is 58.8 Å². The molecule has 252 valence electrons. The van der Waals surface area contributed by atoms with Gasteiger partial charge < -0.3 is 19.5 Å². The summed E-state index contributed by atoms with van der Waals surface area (Å²) in [5.41, 5.74) is 4.32. The van der Waals surface area contributed by atoms with Crippen molar-refractivity contribution < 1.29 is 24.2 Å². The third-order valence-corrected chi connectivity index (χ3v) is 10.00. The van der Waals surface area contributed by atoms with Crippen LogP contribution in [0.25, 0.3) is 42.8 Å². The number of amides is 2. The Bertz CT molecular complexity index is 2050. The summed E-state index contributed by atoms with van der Waals surface area (Å²) in [5, 5.41) is 17.4. The van der Waals surface area contributed by atoms with Crippen LogP contribution in [0.15, 0.2) is 48.5 Å². The molecule has 1 saturated heterocycles. The summed E-state index contributed by atoms with van der Waals surface area (Å²) in [5.74, 6) is -0.473. The zero-order valence-corrected chi connectivity index (χ0v) is 30.0. The number of anilines is 1. The van der Waals surface area contributed by atoms with E-state index in [-0.39, 0.29) is 6.03 Å². The van der Waals surface area contributed by atoms with E-state index >= 15 is 0 Å². The van der Waals surface area contributed by atoms with Crippen molar-refractivity contribution in [2.75, 3.05) is 31.7 Å². The molecule has 3 aromatic carbocycles. The standard InChI is InChI=1S/C36H40ClN5O5S/c1-20-17-25-30(28(21-9-12-23(37)13-10-21)27(20)29(33(43)44)47-35(2,3)4)48-32(38-25)22-11-14-26-24(18-22)31(39-40(26)7)41-19-36(5,6)42(34(41)45)15-16-46-8/h9-14,17-18,29H,15-16,19H2,1-8H3,(H,43,44). The van der Waals surface area contributed by atoms with Crippen LogP contribution in [0.4, 0.5) is 10.6 Å². The third kappa shape index (κ3) is 6.16. The number of aromatic nitrogens is 3. The lowest BCUT2D eigenvalue weighted by molar-refractivity contribution is -0.160. The summed E-state index contributed by atoms with van der Waals surface area (Å²) in [6.07, 6.45) is -1.20. The van der Waals surface area contributed by atoms with Gasteiger partial charge in [0.05, 0.1) is 40.0 Å². The van der Waals surface area contributed by atoms with Crippen LogP contribution in [0.5, 0.6) is 0 Å². The first-order valence-corrected chi connectivity index (χ1v) is 16.9. The number of hydrogen-bond donors (Lipinski definition) is 1. The quantitative estimate of drug-likeness (QED) is 0.167. The number of rotatable bonds is 9. The Morgan fingerprint density at radius 1 is 1.12 bits per heavy atom. The number of carbonyl (C=O) groups excluding carboxylic acids is 1. The van der Waals surface area contributed by atoms with E-state index in [2.05, 4.69) is 0 Å². The molecule has 12 heteroatoms. The number of ether oxygens (including phenoxy) is 2. The highest BCUT2D eigenvalue weighted by molar-refractivity contribution is 7.22. The van der Waals surface area contributed by atoms with Gasteiger partial charge in [-0.1, -0.05) is 23.7 Å². The van der Waals surface area contributed by atoms with E-state index in [1.807, 2.05) is 89.9 Å². The first kappa shape index (κ1) is 33.9. The lowest BCUT2D eigenvalue weighted by Gasteiger charge is -2.29. The van der Waals surface area contributed by atoms with Gasteiger partial charge >= 0.3 is 12.0 Å². The molecule has 2 amide bonds. The Morgan fingerprint density at radius 2 is 1.81 bits per heavy atom. The predicted molar refractivity (Wildman–Crippen MR) is 191 cm³/mol. The van der Waals surface area contributed by atoms with E-state index in [9.17, 15) is 14.7 Å². The summed E-state index contributed by atoms with van der Waals surface area (Å²) in [7, 11) is 3.50. The monoisotopic (exact) mass is 689 g/mol. The first-order chi connectivity index (χ1) is 22.6. The molecular weight excluding hydrogens is 650 g/mol. The molecule has 1 N–H and O–H groups in total. The number of carboxylic acid groups (broad SMARTS) is 1. The van der Waals surface area contributed by atoms with Crippen LogP contribution in [-0.4, -0.2) is 74.7 Å². The van der Waals surface area contributed by atoms with Gasteiger partial charge in [-0.3, -0.25) is 9.58 Å². The number of benzene rings is 3. The zero-order chi connectivity index (χ0) is 34.7. The van der Waals surface area contributed by atoms with Gasteiger partial charge in [0.25, 0.3) is 0 Å². The minimum Gasteiger partial charge on any atom is -0.479 e. The molecule has 0 saturated carbocycles. The number of fused-ring (bicyclic) bond motifs is 2. The van der Waals surface area contributed by atoms with Crippen LogP contribution < -0.4 is 4.90 Å². The van der Waals surface area contributed by atoms with E-state index in [0.29, 0.717) is 36.1 Å². The number of aliphatic carboxylic acids is 1. The smallest absolute Gasteiger partial charge is 0.337 e. The summed E-state index contributed by atoms with van der Waals surface area (Å²) in [6.45, 7) is 13.0. The van der Waals surface area contributed by atoms with E-state index < -0.39 is 23.2 Å². The SMILES string of the molecule is COCCN1C(=O)N(c2nn(C)c3ccc(-c4nc5cc(C)c(C(OC(C)(C)C)C(=O)O)c(-c6ccc(Cl)cc6)c5s4)cc23)CC1(C)C. The summed E-state index contributed by atoms with van der Waals surface area (Å²) in [4.78, 5) is 35.1. The maximum Gasteiger partial charge on any atom is 0.337 e. The second kappa shape index (κ2) is 12.5. The van der Waals surface area contributed by atoms with Gasteiger partial charge in [-0.2, -0.15) is 5.10 Å². The molecule has 0 spiro atoms. The van der Waals surface area contributed by atoms with Crippen molar-refractivity contribution in [3.63, 3.8) is 0 Å². The van der Waals surface area contributed by atoms with Gasteiger partial charge in [-0.25, -0.2) is 14.6 Å². The molecule has 2 aromatic heterocycles. The highest BCUT2D eigenvalue weighted by Gasteiger charge is 2.45. The van der Waals surface area contributed by atoms with Gasteiger partial charge in [-0.15, -0.1) is 11.3 Å². The summed E-state index contributed by atoms with van der Waals surface area (Å²) < 4.78 is 14.1. The minimum atomic E-state index is -1.20. The number of carbonyl (C=O) groups is 2. The molecule has 1 atom stereocenters. The lowest BCUT2D eigenvalue weighted by Crippen LogP contribution is -2.43. The average Bonchev–Trinajstić information content (AvgIpc) is 3.65. The van der Waals surface area contributed by atoms with E-state index in [1.54, 1.807) is 28.8 Å². The van der Waals surface area contributed by atoms with Gasteiger partial charge in [0.1, 0.15) is 5.01 Å². The van der Waals surface area contributed by atoms with Crippen molar-refractivity contribution in [1.82, 2.24) is 19.7 Å². The average molecular weight is 690 g/mol. The number of nitrogens with zero attached hydrogens (tertiary/aromatic N) is 5. The maximum absolute atomic E-state index is 13.7. The first-order valence-electron chi connectivity index (χ1n) is 15.8. The molecular formula is C36H40ClN5O5S. The van der Waals surface area contributed by atoms with E-state index in [0.717, 1.165) is 48.4 Å². The molecule has 6 rings (SSSR count). The molecule has 3 heterocycles. The largest absolute Gasteiger partial charge is 0.479 e. The number of urea groups is 1. The molecule has 1 aliphatic rings. The summed E-state index contributed by atoms with van der Waals surface area (Å²) >= 11 is 7.76. The molecule has 0 aliphatic carbocycles. The summed E-state index contributed by atoms with van der Waals surface area (Å²) in [6, 6.07) is 15.2. The number of methoxy groups -OCH3 is 1. The molecule has 5 aromatic rings. The van der Waals surface area contributed by atoms with Crippen LogP contribution in [0.2, 0.25) is 5.02 Å². The lowest BCUT2D eigenvalue weighted by atomic mass is 9.91. The molecule has 10 nitrogen and oxygen atoms in total. The fraction of sp³-hybridized carbons (Fsp3) is 0.389. The van der Waals surface area contributed by atoms with E-state index in [4.69, 9.17) is 31.2 Å². The zero-order valence-electron chi connectivity index (χ0n) is 28.4. The van der Waals surface area contributed by atoms with Crippen molar-refractivity contribution >= 4 is 61.9 Å². The van der Waals surface area contributed by atoms with Crippen LogP contribution in [0.3, 0.4) is 0 Å². The maximum atomic E-state index is 13.7. The van der Waals surface area contributed by atoms with Crippen LogP contribution in [0.1, 0.15) is 51.8 Å². The molecule has 1 aliphatic heterocycles. The van der Waals surface area contributed by atoms with Crippen molar-refractivity contribution in [3.05, 3.63) is 64.7 Å². The van der Waals surface area contributed by atoms with Crippen molar-refractivity contribution in [3.8, 4) is 21.7 Å². The number of halogens is 1. The Kier molecular flexibility index (Phi) is 8.78. The van der Waals surface area contributed by atoms with Crippen molar-refractivity contribution in [2.24, 2.45) is 7.05 Å². The second-order valence-corrected chi connectivity index (χ2v) is 15.2. The molecule has 0 radical (unpaired) electrons. The second-order valence-electron chi connectivity index (χ2n) is 13.8. The molecule has 1 unspecified atom stereocenters. The van der Waals surface area contributed by atoms with Gasteiger partial charge in [0, 0.05) is 47.8 Å². The highest BCUT2D eigenvalue weighted by Crippen LogP contribution is 2.45. The Balaban J connectivity index is 1.51. The van der Waals surface area contributed by atoms with Gasteiger partial charge in [-0.05, 0) is 89.1 Å². The molecule has 1 fully saturated rings. The number of thiazole rings is 1.